The summed E-state index contributed by atoms with van der Waals surface area (Å²) in [6, 6.07) is 37.0. The summed E-state index contributed by atoms with van der Waals surface area (Å²) >= 11 is 0. The zero-order valence-corrected chi connectivity index (χ0v) is 20.5. The van der Waals surface area contributed by atoms with E-state index >= 15 is 0 Å². The molecule has 1 aliphatic rings. The van der Waals surface area contributed by atoms with E-state index in [1.165, 1.54) is 22.3 Å². The van der Waals surface area contributed by atoms with Gasteiger partial charge in [0, 0.05) is 0 Å². The zero-order chi connectivity index (χ0) is 25.9. The lowest BCUT2D eigenvalue weighted by Gasteiger charge is -2.23. The van der Waals surface area contributed by atoms with E-state index in [1.807, 2.05) is 48.5 Å². The normalized spacial score (nSPS) is 12.9. The molecule has 0 spiro atoms. The Morgan fingerprint density at radius 1 is 0.447 bits per heavy atom. The van der Waals surface area contributed by atoms with Crippen molar-refractivity contribution in [3.63, 3.8) is 0 Å². The molecule has 7 rings (SSSR count). The molecule has 0 unspecified atom stereocenters. The van der Waals surface area contributed by atoms with Gasteiger partial charge in [0.25, 0.3) is 0 Å². The van der Waals surface area contributed by atoms with Gasteiger partial charge in [0.05, 0.1) is 5.56 Å². The lowest BCUT2D eigenvalue weighted by atomic mass is 9.82. The summed E-state index contributed by atoms with van der Waals surface area (Å²) < 4.78 is 43.7. The molecule has 0 nitrogen and oxygen atoms in total. The number of alkyl halides is 3. The highest BCUT2D eigenvalue weighted by molar-refractivity contribution is 6.16. The molecule has 6 aromatic carbocycles. The molecule has 3 heteroatoms. The second-order valence-electron chi connectivity index (χ2n) is 9.95. The smallest absolute Gasteiger partial charge is 0.166 e. The Balaban J connectivity index is 1.56. The van der Waals surface area contributed by atoms with E-state index in [0.29, 0.717) is 10.8 Å². The van der Waals surface area contributed by atoms with Crippen LogP contribution in [-0.4, -0.2) is 0 Å². The van der Waals surface area contributed by atoms with Crippen molar-refractivity contribution in [2.45, 2.75) is 19.0 Å². The molecular formula is C35H23F3. The van der Waals surface area contributed by atoms with Gasteiger partial charge in [-0.25, -0.2) is 0 Å². The van der Waals surface area contributed by atoms with E-state index in [-0.39, 0.29) is 10.8 Å². The van der Waals surface area contributed by atoms with Crippen molar-refractivity contribution < 1.29 is 13.2 Å². The minimum Gasteiger partial charge on any atom is -0.166 e. The first-order chi connectivity index (χ1) is 18.5. The summed E-state index contributed by atoms with van der Waals surface area (Å²) in [5.74, 6) is 0. The molecule has 0 bridgehead atoms. The van der Waals surface area contributed by atoms with Crippen LogP contribution in [0.25, 0.3) is 54.9 Å². The molecule has 184 valence electrons. The molecule has 38 heavy (non-hydrogen) atoms. The molecule has 0 atom stereocenters. The Labute approximate surface area is 219 Å². The number of aryl methyl sites for hydroxylation is 2. The molecule has 0 heterocycles. The van der Waals surface area contributed by atoms with Gasteiger partial charge in [0.1, 0.15) is 0 Å². The molecule has 0 amide bonds. The summed E-state index contributed by atoms with van der Waals surface area (Å²) in [6.07, 6.45) is -2.62. The van der Waals surface area contributed by atoms with Crippen LogP contribution in [0.5, 0.6) is 0 Å². The molecular weight excluding hydrogens is 477 g/mol. The van der Waals surface area contributed by atoms with Crippen LogP contribution in [0.15, 0.2) is 115 Å². The van der Waals surface area contributed by atoms with Crippen molar-refractivity contribution >= 4 is 21.5 Å². The number of benzene rings is 6. The van der Waals surface area contributed by atoms with Crippen LogP contribution in [0.2, 0.25) is 0 Å². The highest BCUT2D eigenvalue weighted by Crippen LogP contribution is 2.47. The Kier molecular flexibility index (Phi) is 5.16. The first kappa shape index (κ1) is 22.8. The number of hydrogen-bond donors (Lipinski definition) is 0. The predicted octanol–water partition coefficient (Wildman–Crippen LogP) is 10.1. The van der Waals surface area contributed by atoms with E-state index in [0.717, 1.165) is 35.1 Å². The molecule has 0 saturated heterocycles. The van der Waals surface area contributed by atoms with Crippen LogP contribution in [0.1, 0.15) is 16.7 Å². The van der Waals surface area contributed by atoms with Gasteiger partial charge < -0.3 is 0 Å². The quantitative estimate of drug-likeness (QED) is 0.208. The Bertz CT molecular complexity index is 1850. The largest absolute Gasteiger partial charge is 0.417 e. The third kappa shape index (κ3) is 3.61. The van der Waals surface area contributed by atoms with Gasteiger partial charge in [-0.05, 0) is 85.0 Å². The van der Waals surface area contributed by atoms with Crippen molar-refractivity contribution in [2.75, 3.05) is 0 Å². The van der Waals surface area contributed by atoms with Gasteiger partial charge in [-0.3, -0.25) is 0 Å². The average Bonchev–Trinajstić information content (AvgIpc) is 2.95. The maximum Gasteiger partial charge on any atom is 0.417 e. The van der Waals surface area contributed by atoms with E-state index in [2.05, 4.69) is 42.5 Å². The first-order valence-corrected chi connectivity index (χ1v) is 12.8. The van der Waals surface area contributed by atoms with Crippen LogP contribution in [0.4, 0.5) is 13.2 Å². The fraction of sp³-hybridized carbons (Fsp3) is 0.0857. The lowest BCUT2D eigenvalue weighted by molar-refractivity contribution is -0.135. The number of halogens is 3. The third-order valence-corrected chi connectivity index (χ3v) is 7.78. The molecule has 0 radical (unpaired) electrons. The molecule has 0 fully saturated rings. The maximum absolute atomic E-state index is 14.6. The highest BCUT2D eigenvalue weighted by atomic mass is 19.4. The van der Waals surface area contributed by atoms with Crippen LogP contribution in [0.3, 0.4) is 0 Å². The van der Waals surface area contributed by atoms with Crippen LogP contribution >= 0.6 is 0 Å². The molecule has 0 aliphatic heterocycles. The summed E-state index contributed by atoms with van der Waals surface area (Å²) in [7, 11) is 0. The van der Waals surface area contributed by atoms with Gasteiger partial charge in [-0.1, -0.05) is 109 Å². The Morgan fingerprint density at radius 3 is 1.89 bits per heavy atom. The van der Waals surface area contributed by atoms with Crippen molar-refractivity contribution in [2.24, 2.45) is 0 Å². The molecule has 6 aromatic rings. The average molecular weight is 501 g/mol. The summed E-state index contributed by atoms with van der Waals surface area (Å²) in [5, 5.41) is 1.70. The predicted molar refractivity (Wildman–Crippen MR) is 150 cm³/mol. The molecule has 0 aromatic heterocycles. The van der Waals surface area contributed by atoms with Gasteiger partial charge in [-0.2, -0.15) is 13.2 Å². The fourth-order valence-electron chi connectivity index (χ4n) is 6.09. The van der Waals surface area contributed by atoms with Crippen LogP contribution in [0, 0.1) is 0 Å². The maximum atomic E-state index is 14.6. The second kappa shape index (κ2) is 8.59. The lowest BCUT2D eigenvalue weighted by Crippen LogP contribution is -2.08. The van der Waals surface area contributed by atoms with E-state index in [1.54, 1.807) is 24.3 Å². The van der Waals surface area contributed by atoms with Gasteiger partial charge in [0.2, 0.25) is 0 Å². The monoisotopic (exact) mass is 500 g/mol. The minimum absolute atomic E-state index is 0.231. The van der Waals surface area contributed by atoms with Crippen molar-refractivity contribution in [1.29, 1.82) is 0 Å². The van der Waals surface area contributed by atoms with E-state index < -0.39 is 11.7 Å². The fourth-order valence-corrected chi connectivity index (χ4v) is 6.09. The van der Waals surface area contributed by atoms with E-state index in [9.17, 15) is 13.2 Å². The van der Waals surface area contributed by atoms with E-state index in [4.69, 9.17) is 0 Å². The topological polar surface area (TPSA) is 0 Å². The third-order valence-electron chi connectivity index (χ3n) is 7.78. The Hall–Kier alpha value is -4.37. The summed E-state index contributed by atoms with van der Waals surface area (Å²) in [4.78, 5) is 0. The van der Waals surface area contributed by atoms with Crippen LogP contribution in [-0.2, 0) is 19.0 Å². The molecule has 0 saturated carbocycles. The van der Waals surface area contributed by atoms with Crippen molar-refractivity contribution in [3.05, 3.63) is 132 Å². The molecule has 0 N–H and O–H groups in total. The minimum atomic E-state index is -4.48. The highest BCUT2D eigenvalue weighted by Gasteiger charge is 2.36. The number of fused-ring (bicyclic) bond motifs is 5. The first-order valence-electron chi connectivity index (χ1n) is 12.8. The Morgan fingerprint density at radius 2 is 1.08 bits per heavy atom. The standard InChI is InChI=1S/C35H23F3/c36-35(37,38)34-30-13-7-6-12-29(30)33(32-21-24(16-19-31(32)34)22-8-2-1-3-9-22)26-17-18-28-25(20-26)15-14-23-10-4-5-11-27(23)28/h1-13,16-21H,14-15H2. The van der Waals surface area contributed by atoms with Gasteiger partial charge in [0.15, 0.2) is 0 Å². The van der Waals surface area contributed by atoms with Gasteiger partial charge in [-0.15, -0.1) is 0 Å². The summed E-state index contributed by atoms with van der Waals surface area (Å²) in [5.41, 5.74) is 8.13. The second-order valence-corrected chi connectivity index (χ2v) is 9.95. The molecule has 1 aliphatic carbocycles. The van der Waals surface area contributed by atoms with Crippen LogP contribution < -0.4 is 0 Å². The SMILES string of the molecule is FC(F)(F)c1c2ccccc2c(-c2ccc3c(c2)CCc2ccccc2-3)c2cc(-c3ccccc3)ccc12. The number of hydrogen-bond acceptors (Lipinski definition) is 0. The van der Waals surface area contributed by atoms with Gasteiger partial charge >= 0.3 is 6.18 Å². The zero-order valence-electron chi connectivity index (χ0n) is 20.5. The van der Waals surface area contributed by atoms with Crippen molar-refractivity contribution in [1.82, 2.24) is 0 Å². The van der Waals surface area contributed by atoms with Crippen molar-refractivity contribution in [3.8, 4) is 33.4 Å². The summed E-state index contributed by atoms with van der Waals surface area (Å²) in [6.45, 7) is 0. The number of rotatable bonds is 2.